The number of thiazole rings is 1. The molecule has 0 aliphatic carbocycles. The van der Waals surface area contributed by atoms with Gasteiger partial charge in [0.05, 0.1) is 0 Å². The third-order valence-corrected chi connectivity index (χ3v) is 3.12. The van der Waals surface area contributed by atoms with E-state index in [1.54, 1.807) is 11.3 Å². The second kappa shape index (κ2) is 3.55. The molecule has 74 valence electrons. The van der Waals surface area contributed by atoms with Gasteiger partial charge >= 0.3 is 0 Å². The van der Waals surface area contributed by atoms with E-state index in [0.717, 1.165) is 5.13 Å². The average Bonchev–Trinajstić information content (AvgIpc) is 2.74. The number of nitrogens with zero attached hydrogens (tertiary/aromatic N) is 2. The highest BCUT2D eigenvalue weighted by Gasteiger charge is 2.10. The van der Waals surface area contributed by atoms with Crippen LogP contribution in [0, 0.1) is 13.8 Å². The summed E-state index contributed by atoms with van der Waals surface area (Å²) >= 11 is 1.64. The normalized spacial score (nSPS) is 10.8. The zero-order valence-electron chi connectivity index (χ0n) is 8.32. The van der Waals surface area contributed by atoms with Gasteiger partial charge in [-0.25, -0.2) is 4.98 Å². The van der Waals surface area contributed by atoms with E-state index in [1.165, 1.54) is 17.0 Å². The van der Waals surface area contributed by atoms with Crippen LogP contribution in [0.5, 0.6) is 0 Å². The van der Waals surface area contributed by atoms with Gasteiger partial charge in [0.2, 0.25) is 0 Å². The predicted octanol–water partition coefficient (Wildman–Crippen LogP) is 2.01. The standard InChI is InChI=1S/C10H13N3S/c1-7-5-9(6-11)8(2)13(7)10-12-3-4-14-10/h3-5H,6,11H2,1-2H3. The fraction of sp³-hybridized carbons (Fsp3) is 0.300. The highest BCUT2D eigenvalue weighted by molar-refractivity contribution is 7.12. The zero-order valence-corrected chi connectivity index (χ0v) is 9.14. The highest BCUT2D eigenvalue weighted by atomic mass is 32.1. The van der Waals surface area contributed by atoms with Crippen LogP contribution in [-0.2, 0) is 6.54 Å². The third kappa shape index (κ3) is 1.36. The first-order valence-corrected chi connectivity index (χ1v) is 5.39. The molecule has 0 unspecified atom stereocenters. The van der Waals surface area contributed by atoms with E-state index in [4.69, 9.17) is 5.73 Å². The molecule has 0 fully saturated rings. The van der Waals surface area contributed by atoms with Crippen molar-refractivity contribution in [3.05, 3.63) is 34.6 Å². The largest absolute Gasteiger partial charge is 0.326 e. The minimum absolute atomic E-state index is 0.588. The molecule has 0 aliphatic heterocycles. The lowest BCUT2D eigenvalue weighted by molar-refractivity contribution is 0.931. The zero-order chi connectivity index (χ0) is 10.1. The van der Waals surface area contributed by atoms with Gasteiger partial charge in [0, 0.05) is 29.5 Å². The molecule has 2 N–H and O–H groups in total. The van der Waals surface area contributed by atoms with Crippen molar-refractivity contribution in [2.24, 2.45) is 5.73 Å². The molecule has 0 saturated heterocycles. The molecule has 4 heteroatoms. The maximum Gasteiger partial charge on any atom is 0.193 e. The Hall–Kier alpha value is -1.13. The van der Waals surface area contributed by atoms with E-state index in [9.17, 15) is 0 Å². The van der Waals surface area contributed by atoms with Crippen LogP contribution >= 0.6 is 11.3 Å². The molecule has 0 aromatic carbocycles. The van der Waals surface area contributed by atoms with Crippen LogP contribution in [0.25, 0.3) is 5.13 Å². The van der Waals surface area contributed by atoms with Crippen molar-refractivity contribution in [2.75, 3.05) is 0 Å². The molecule has 0 aliphatic rings. The lowest BCUT2D eigenvalue weighted by Gasteiger charge is -2.04. The minimum atomic E-state index is 0.588. The van der Waals surface area contributed by atoms with Crippen LogP contribution in [0.2, 0.25) is 0 Å². The van der Waals surface area contributed by atoms with Crippen molar-refractivity contribution in [1.82, 2.24) is 9.55 Å². The number of hydrogen-bond donors (Lipinski definition) is 1. The molecule has 3 nitrogen and oxygen atoms in total. The summed E-state index contributed by atoms with van der Waals surface area (Å²) in [5.41, 5.74) is 9.24. The van der Waals surface area contributed by atoms with Gasteiger partial charge in [0.15, 0.2) is 5.13 Å². The Morgan fingerprint density at radius 1 is 1.50 bits per heavy atom. The van der Waals surface area contributed by atoms with E-state index in [-0.39, 0.29) is 0 Å². The number of aryl methyl sites for hydroxylation is 1. The van der Waals surface area contributed by atoms with Crippen LogP contribution in [0.15, 0.2) is 17.6 Å². The summed E-state index contributed by atoms with van der Waals surface area (Å²) in [6.07, 6.45) is 1.82. The molecule has 2 aromatic rings. The Morgan fingerprint density at radius 2 is 2.29 bits per heavy atom. The Bertz CT molecular complexity index is 428. The van der Waals surface area contributed by atoms with E-state index < -0.39 is 0 Å². The van der Waals surface area contributed by atoms with Gasteiger partial charge in [0.1, 0.15) is 0 Å². The summed E-state index contributed by atoms with van der Waals surface area (Å²) in [5.74, 6) is 0. The van der Waals surface area contributed by atoms with E-state index in [1.807, 2.05) is 11.6 Å². The van der Waals surface area contributed by atoms with Gasteiger partial charge in [-0.2, -0.15) is 0 Å². The number of aromatic nitrogens is 2. The van der Waals surface area contributed by atoms with E-state index >= 15 is 0 Å². The first-order chi connectivity index (χ1) is 6.74. The molecule has 2 rings (SSSR count). The minimum Gasteiger partial charge on any atom is -0.326 e. The van der Waals surface area contributed by atoms with Crippen molar-refractivity contribution in [3.63, 3.8) is 0 Å². The number of rotatable bonds is 2. The third-order valence-electron chi connectivity index (χ3n) is 2.37. The fourth-order valence-electron chi connectivity index (χ4n) is 1.66. The first-order valence-electron chi connectivity index (χ1n) is 4.51. The van der Waals surface area contributed by atoms with Crippen molar-refractivity contribution in [1.29, 1.82) is 0 Å². The topological polar surface area (TPSA) is 43.8 Å². The summed E-state index contributed by atoms with van der Waals surface area (Å²) in [4.78, 5) is 4.30. The smallest absolute Gasteiger partial charge is 0.193 e. The molecule has 0 radical (unpaired) electrons. The van der Waals surface area contributed by atoms with Crippen LogP contribution in [0.3, 0.4) is 0 Å². The maximum atomic E-state index is 5.66. The number of hydrogen-bond acceptors (Lipinski definition) is 3. The van der Waals surface area contributed by atoms with Gasteiger partial charge in [-0.1, -0.05) is 0 Å². The van der Waals surface area contributed by atoms with Crippen LogP contribution in [0.4, 0.5) is 0 Å². The van der Waals surface area contributed by atoms with Crippen molar-refractivity contribution < 1.29 is 0 Å². The summed E-state index contributed by atoms with van der Waals surface area (Å²) in [6, 6.07) is 2.12. The average molecular weight is 207 g/mol. The van der Waals surface area contributed by atoms with Crippen LogP contribution in [0.1, 0.15) is 17.0 Å². The maximum absolute atomic E-state index is 5.66. The molecule has 2 aromatic heterocycles. The van der Waals surface area contributed by atoms with E-state index in [0.29, 0.717) is 6.54 Å². The Morgan fingerprint density at radius 3 is 2.79 bits per heavy atom. The Kier molecular flexibility index (Phi) is 2.39. The summed E-state index contributed by atoms with van der Waals surface area (Å²) < 4.78 is 2.15. The van der Waals surface area contributed by atoms with Crippen molar-refractivity contribution in [2.45, 2.75) is 20.4 Å². The first kappa shape index (κ1) is 9.43. The summed E-state index contributed by atoms with van der Waals surface area (Å²) in [7, 11) is 0. The molecule has 0 atom stereocenters. The lowest BCUT2D eigenvalue weighted by Crippen LogP contribution is -2.01. The predicted molar refractivity (Wildman–Crippen MR) is 58.8 cm³/mol. The van der Waals surface area contributed by atoms with Gasteiger partial charge in [-0.3, -0.25) is 4.57 Å². The molecular formula is C10H13N3S. The van der Waals surface area contributed by atoms with Gasteiger partial charge in [0.25, 0.3) is 0 Å². The SMILES string of the molecule is Cc1cc(CN)c(C)n1-c1nccs1. The molecule has 0 spiro atoms. The second-order valence-corrected chi connectivity index (χ2v) is 4.12. The summed E-state index contributed by atoms with van der Waals surface area (Å²) in [5, 5.41) is 3.00. The van der Waals surface area contributed by atoms with Crippen molar-refractivity contribution in [3.8, 4) is 5.13 Å². The van der Waals surface area contributed by atoms with Crippen molar-refractivity contribution >= 4 is 11.3 Å². The second-order valence-electron chi connectivity index (χ2n) is 3.25. The number of nitrogens with two attached hydrogens (primary N) is 1. The summed E-state index contributed by atoms with van der Waals surface area (Å²) in [6.45, 7) is 4.75. The van der Waals surface area contributed by atoms with Crippen LogP contribution < -0.4 is 5.73 Å². The Labute approximate surface area is 87.2 Å². The van der Waals surface area contributed by atoms with Gasteiger partial charge in [-0.05, 0) is 25.5 Å². The van der Waals surface area contributed by atoms with Crippen LogP contribution in [-0.4, -0.2) is 9.55 Å². The highest BCUT2D eigenvalue weighted by Crippen LogP contribution is 2.21. The van der Waals surface area contributed by atoms with Gasteiger partial charge in [-0.15, -0.1) is 11.3 Å². The van der Waals surface area contributed by atoms with Gasteiger partial charge < -0.3 is 5.73 Å². The molecule has 0 bridgehead atoms. The molecule has 0 amide bonds. The lowest BCUT2D eigenvalue weighted by atomic mass is 10.2. The fourth-order valence-corrected chi connectivity index (χ4v) is 2.41. The monoisotopic (exact) mass is 207 g/mol. The molecule has 14 heavy (non-hydrogen) atoms. The quantitative estimate of drug-likeness (QED) is 0.818. The molecule has 0 saturated carbocycles. The van der Waals surface area contributed by atoms with E-state index in [2.05, 4.69) is 29.5 Å². The Balaban J connectivity index is 2.58. The molecular weight excluding hydrogens is 194 g/mol. The molecule has 2 heterocycles.